The van der Waals surface area contributed by atoms with Gasteiger partial charge >= 0.3 is 15.6 Å². The minimum absolute atomic E-state index is 0.398. The smallest absolute Gasteiger partial charge is 0.376 e. The molecule has 102 valence electrons. The van der Waals surface area contributed by atoms with E-state index in [1.165, 1.54) is 23.5 Å². The molecule has 0 saturated heterocycles. The summed E-state index contributed by atoms with van der Waals surface area (Å²) in [5, 5.41) is 0. The summed E-state index contributed by atoms with van der Waals surface area (Å²) in [7, 11) is -5.63. The number of aromatic nitrogens is 1. The van der Waals surface area contributed by atoms with Gasteiger partial charge in [0.25, 0.3) is 0 Å². The quantitative estimate of drug-likeness (QED) is 0.646. The number of alkyl halides is 3. The lowest BCUT2D eigenvalue weighted by Gasteiger charge is -2.09. The van der Waals surface area contributed by atoms with Crippen LogP contribution in [0.2, 0.25) is 0 Å². The van der Waals surface area contributed by atoms with Gasteiger partial charge in [-0.25, -0.2) is 0 Å². The molecule has 0 bridgehead atoms. The molecule has 0 spiro atoms. The second-order valence-corrected chi connectivity index (χ2v) is 5.80. The van der Waals surface area contributed by atoms with Crippen LogP contribution in [-0.2, 0) is 10.1 Å². The van der Waals surface area contributed by atoms with E-state index >= 15 is 0 Å². The van der Waals surface area contributed by atoms with E-state index in [1.807, 2.05) is 0 Å². The standard InChI is InChI=1S/C10H6F3NO3S2/c11-10(12,13)19(15,16)17-8-3-1-7(2-4-8)9-5-14-6-18-9/h1-6H. The molecule has 1 heterocycles. The molecule has 0 unspecified atom stereocenters. The molecule has 0 aliphatic rings. The first kappa shape index (κ1) is 13.8. The van der Waals surface area contributed by atoms with Crippen molar-refractivity contribution in [3.05, 3.63) is 36.0 Å². The van der Waals surface area contributed by atoms with Crippen LogP contribution in [-0.4, -0.2) is 18.9 Å². The Hall–Kier alpha value is -1.61. The molecule has 1 aromatic heterocycles. The van der Waals surface area contributed by atoms with Crippen molar-refractivity contribution < 1.29 is 25.8 Å². The summed E-state index contributed by atoms with van der Waals surface area (Å²) in [6.45, 7) is 0. The molecule has 0 saturated carbocycles. The molecule has 2 rings (SSSR count). The van der Waals surface area contributed by atoms with Crippen LogP contribution < -0.4 is 4.18 Å². The van der Waals surface area contributed by atoms with Crippen molar-refractivity contribution in [2.75, 3.05) is 0 Å². The molecule has 0 N–H and O–H groups in total. The van der Waals surface area contributed by atoms with Crippen LogP contribution in [0.4, 0.5) is 13.2 Å². The van der Waals surface area contributed by atoms with E-state index in [2.05, 4.69) is 9.17 Å². The molecule has 0 aliphatic heterocycles. The number of nitrogens with zero attached hydrogens (tertiary/aromatic N) is 1. The highest BCUT2D eigenvalue weighted by Crippen LogP contribution is 2.29. The second kappa shape index (κ2) is 4.82. The third-order valence-corrected chi connectivity index (χ3v) is 3.86. The van der Waals surface area contributed by atoms with Gasteiger partial charge < -0.3 is 4.18 Å². The maximum atomic E-state index is 12.1. The van der Waals surface area contributed by atoms with Gasteiger partial charge in [-0.2, -0.15) is 21.6 Å². The van der Waals surface area contributed by atoms with Crippen molar-refractivity contribution in [1.29, 1.82) is 0 Å². The predicted octanol–water partition coefficient (Wildman–Crippen LogP) is 3.04. The van der Waals surface area contributed by atoms with Crippen LogP contribution >= 0.6 is 11.3 Å². The molecule has 9 heteroatoms. The van der Waals surface area contributed by atoms with Gasteiger partial charge in [-0.3, -0.25) is 4.98 Å². The van der Waals surface area contributed by atoms with Crippen molar-refractivity contribution >= 4 is 21.5 Å². The Labute approximate surface area is 110 Å². The van der Waals surface area contributed by atoms with Gasteiger partial charge in [-0.05, 0) is 29.8 Å². The van der Waals surface area contributed by atoms with E-state index in [0.29, 0.717) is 5.56 Å². The third-order valence-electron chi connectivity index (χ3n) is 2.06. The Morgan fingerprint density at radius 1 is 1.16 bits per heavy atom. The average molecular weight is 309 g/mol. The fourth-order valence-corrected chi connectivity index (χ4v) is 2.30. The fourth-order valence-electron chi connectivity index (χ4n) is 1.21. The van der Waals surface area contributed by atoms with Gasteiger partial charge in [0.2, 0.25) is 0 Å². The number of thiazole rings is 1. The SMILES string of the molecule is O=S(=O)(Oc1ccc(-c2cncs2)cc1)C(F)(F)F. The van der Waals surface area contributed by atoms with Gasteiger partial charge in [0.05, 0.1) is 10.4 Å². The molecule has 0 atom stereocenters. The van der Waals surface area contributed by atoms with Gasteiger partial charge in [0, 0.05) is 6.20 Å². The zero-order chi connectivity index (χ0) is 14.1. The molecule has 0 radical (unpaired) electrons. The molecule has 19 heavy (non-hydrogen) atoms. The minimum Gasteiger partial charge on any atom is -0.376 e. The number of hydrogen-bond donors (Lipinski definition) is 0. The summed E-state index contributed by atoms with van der Waals surface area (Å²) in [6, 6.07) is 5.21. The molecule has 4 nitrogen and oxygen atoms in total. The second-order valence-electron chi connectivity index (χ2n) is 3.37. The van der Waals surface area contributed by atoms with Crippen molar-refractivity contribution in [2.24, 2.45) is 0 Å². The van der Waals surface area contributed by atoms with Gasteiger partial charge in [0.1, 0.15) is 5.75 Å². The van der Waals surface area contributed by atoms with E-state index in [4.69, 9.17) is 0 Å². The lowest BCUT2D eigenvalue weighted by Crippen LogP contribution is -2.27. The van der Waals surface area contributed by atoms with Crippen LogP contribution in [0.5, 0.6) is 5.75 Å². The Morgan fingerprint density at radius 2 is 1.79 bits per heavy atom. The first-order valence-corrected chi connectivity index (χ1v) is 7.08. The first-order chi connectivity index (χ1) is 8.79. The highest BCUT2D eigenvalue weighted by Gasteiger charge is 2.48. The monoisotopic (exact) mass is 309 g/mol. The summed E-state index contributed by atoms with van der Waals surface area (Å²) in [5.41, 5.74) is -3.13. The highest BCUT2D eigenvalue weighted by atomic mass is 32.2. The van der Waals surface area contributed by atoms with Crippen LogP contribution in [0.15, 0.2) is 36.0 Å². The van der Waals surface area contributed by atoms with Crippen molar-refractivity contribution in [3.63, 3.8) is 0 Å². The molecule has 1 aromatic carbocycles. The largest absolute Gasteiger partial charge is 0.534 e. The highest BCUT2D eigenvalue weighted by molar-refractivity contribution is 7.88. The molecule has 2 aromatic rings. The van der Waals surface area contributed by atoms with Crippen LogP contribution in [0.25, 0.3) is 10.4 Å². The van der Waals surface area contributed by atoms with Gasteiger partial charge in [0.15, 0.2) is 0 Å². The Kier molecular flexibility index (Phi) is 3.50. The third kappa shape index (κ3) is 3.04. The molecular weight excluding hydrogens is 303 g/mol. The topological polar surface area (TPSA) is 56.3 Å². The van der Waals surface area contributed by atoms with Crippen molar-refractivity contribution in [3.8, 4) is 16.2 Å². The number of hydrogen-bond acceptors (Lipinski definition) is 5. The first-order valence-electron chi connectivity index (χ1n) is 4.79. The summed E-state index contributed by atoms with van der Waals surface area (Å²) >= 11 is 1.35. The van der Waals surface area contributed by atoms with Crippen LogP contribution in [0, 0.1) is 0 Å². The summed E-state index contributed by atoms with van der Waals surface area (Å²) in [4.78, 5) is 4.67. The van der Waals surface area contributed by atoms with Gasteiger partial charge in [-0.1, -0.05) is 0 Å². The zero-order valence-corrected chi connectivity index (χ0v) is 10.7. The normalized spacial score (nSPS) is 12.4. The van der Waals surface area contributed by atoms with Crippen molar-refractivity contribution in [1.82, 2.24) is 4.98 Å². The van der Waals surface area contributed by atoms with Gasteiger partial charge in [-0.15, -0.1) is 11.3 Å². The van der Waals surface area contributed by atoms with E-state index in [0.717, 1.165) is 17.0 Å². The lowest BCUT2D eigenvalue weighted by molar-refractivity contribution is -0.0500. The Bertz CT molecular complexity index is 648. The minimum atomic E-state index is -5.63. The average Bonchev–Trinajstić information content (AvgIpc) is 2.81. The maximum Gasteiger partial charge on any atom is 0.534 e. The molecular formula is C10H6F3NO3S2. The lowest BCUT2D eigenvalue weighted by atomic mass is 10.2. The van der Waals surface area contributed by atoms with E-state index in [1.54, 1.807) is 11.7 Å². The summed E-state index contributed by atoms with van der Waals surface area (Å²) in [6.07, 6.45) is 1.59. The Morgan fingerprint density at radius 3 is 2.26 bits per heavy atom. The maximum absolute atomic E-state index is 12.1. The summed E-state index contributed by atoms with van der Waals surface area (Å²) in [5.74, 6) is -0.398. The van der Waals surface area contributed by atoms with Crippen LogP contribution in [0.1, 0.15) is 0 Å². The number of benzene rings is 1. The van der Waals surface area contributed by atoms with Crippen molar-refractivity contribution in [2.45, 2.75) is 5.51 Å². The summed E-state index contributed by atoms with van der Waals surface area (Å²) < 4.78 is 61.8. The predicted molar refractivity (Wildman–Crippen MR) is 63.2 cm³/mol. The Balaban J connectivity index is 2.21. The van der Waals surface area contributed by atoms with E-state index in [9.17, 15) is 21.6 Å². The molecule has 0 fully saturated rings. The number of halogens is 3. The fraction of sp³-hybridized carbons (Fsp3) is 0.100. The number of rotatable bonds is 3. The molecule has 0 amide bonds. The van der Waals surface area contributed by atoms with E-state index < -0.39 is 21.4 Å². The van der Waals surface area contributed by atoms with Crippen LogP contribution in [0.3, 0.4) is 0 Å². The van der Waals surface area contributed by atoms with E-state index in [-0.39, 0.29) is 0 Å². The zero-order valence-electron chi connectivity index (χ0n) is 9.09. The molecule has 0 aliphatic carbocycles.